The number of likely N-dealkylation sites (N-methyl/N-ethyl adjacent to an activating group) is 1. The van der Waals surface area contributed by atoms with Crippen LogP contribution in [0.3, 0.4) is 0 Å². The number of amides is 4. The van der Waals surface area contributed by atoms with E-state index < -0.39 is 54.0 Å². The van der Waals surface area contributed by atoms with Crippen molar-refractivity contribution in [1.29, 1.82) is 0 Å². The highest BCUT2D eigenvalue weighted by molar-refractivity contribution is 5.95. The molecule has 3 aromatic carbocycles. The second-order valence-corrected chi connectivity index (χ2v) is 16.6. The lowest BCUT2D eigenvalue weighted by atomic mass is 9.83. The number of ether oxygens (including phenoxy) is 1. The molecule has 0 aromatic heterocycles. The van der Waals surface area contributed by atoms with Gasteiger partial charge in [-0.3, -0.25) is 19.3 Å². The van der Waals surface area contributed by atoms with Gasteiger partial charge < -0.3 is 25.4 Å². The van der Waals surface area contributed by atoms with Crippen molar-refractivity contribution in [2.24, 2.45) is 11.8 Å². The summed E-state index contributed by atoms with van der Waals surface area (Å²) in [7, 11) is 1.53. The summed E-state index contributed by atoms with van der Waals surface area (Å²) in [6.45, 7) is 4.26. The Morgan fingerprint density at radius 3 is 2.15 bits per heavy atom. The van der Waals surface area contributed by atoms with Crippen molar-refractivity contribution in [3.63, 3.8) is 0 Å². The molecule has 1 saturated heterocycles. The molecule has 11 heteroatoms. The summed E-state index contributed by atoms with van der Waals surface area (Å²) in [6, 6.07) is 22.6. The Bertz CT molecular complexity index is 2040. The summed E-state index contributed by atoms with van der Waals surface area (Å²) < 4.78 is 5.91. The first-order chi connectivity index (χ1) is 28.5. The molecule has 3 aromatic rings. The molecule has 11 nitrogen and oxygen atoms in total. The number of aliphatic carboxylic acids is 1. The number of carbonyl (C=O) groups excluding carboxylic acids is 4. The summed E-state index contributed by atoms with van der Waals surface area (Å²) in [6.07, 6.45) is 9.88. The van der Waals surface area contributed by atoms with E-state index in [1.54, 1.807) is 6.92 Å². The second-order valence-electron chi connectivity index (χ2n) is 16.6. The highest BCUT2D eigenvalue weighted by Crippen LogP contribution is 2.48. The number of likely N-dealkylation sites (tertiary alicyclic amines) is 1. The van der Waals surface area contributed by atoms with Gasteiger partial charge in [-0.2, -0.15) is 0 Å². The van der Waals surface area contributed by atoms with Crippen molar-refractivity contribution < 1.29 is 33.8 Å². The summed E-state index contributed by atoms with van der Waals surface area (Å²) in [5.74, 6) is -3.19. The predicted octanol–water partition coefficient (Wildman–Crippen LogP) is 7.05. The molecule has 6 atom stereocenters. The van der Waals surface area contributed by atoms with E-state index in [0.29, 0.717) is 25.3 Å². The minimum atomic E-state index is -1.31. The first-order valence-electron chi connectivity index (χ1n) is 21.2. The Morgan fingerprint density at radius 1 is 0.847 bits per heavy atom. The minimum Gasteiger partial charge on any atom is -0.480 e. The van der Waals surface area contributed by atoms with Gasteiger partial charge in [0.2, 0.25) is 17.7 Å². The third-order valence-corrected chi connectivity index (χ3v) is 13.0. The van der Waals surface area contributed by atoms with Crippen LogP contribution in [0.5, 0.6) is 0 Å². The zero-order chi connectivity index (χ0) is 41.6. The number of carboxylic acids is 1. The van der Waals surface area contributed by atoms with Crippen molar-refractivity contribution in [2.75, 3.05) is 20.2 Å². The predicted molar refractivity (Wildman–Crippen MR) is 225 cm³/mol. The molecular formula is C48H56N4O7. The van der Waals surface area contributed by atoms with Gasteiger partial charge in [0.15, 0.2) is 0 Å². The number of nitrogens with zero attached hydrogens (tertiary/aromatic N) is 2. The van der Waals surface area contributed by atoms with Crippen LogP contribution >= 0.6 is 0 Å². The van der Waals surface area contributed by atoms with Crippen LogP contribution in [0.1, 0.15) is 99.3 Å². The average Bonchev–Trinajstić information content (AvgIpc) is 3.89. The van der Waals surface area contributed by atoms with Gasteiger partial charge in [-0.15, -0.1) is 0 Å². The number of rotatable bonds is 13. The molecule has 0 radical (unpaired) electrons. The standard InChI is InChI=1S/C48H56N4O7/c1-30-17-15-26-37-35-24-13-14-25-36(35)38(40(30)37)29-59-48(58)51(3)31(2)44(53)49-42(34-22-11-6-12-23-34)46(55)52-28-16-27-39(52)45(54)50-43(47(56)57)41(32-18-7-4-8-19-32)33-20-9-5-10-21-33/h4-5,7-10,13-15,18-21,24-26,30-31,34,38-39,41-43H,6,11-12,16-17,22-23,27-29H2,1-3H3,(H,49,53)(H,50,54)(H,56,57)/t30?,31-,38?,39-,42-,43?/m0/s1. The first-order valence-corrected chi connectivity index (χ1v) is 21.2. The van der Waals surface area contributed by atoms with Crippen molar-refractivity contribution in [3.8, 4) is 0 Å². The summed E-state index contributed by atoms with van der Waals surface area (Å²) in [4.78, 5) is 72.0. The van der Waals surface area contributed by atoms with Gasteiger partial charge in [-0.25, -0.2) is 9.59 Å². The number of allylic oxidation sites excluding steroid dienone is 3. The van der Waals surface area contributed by atoms with E-state index >= 15 is 0 Å². The second kappa shape index (κ2) is 18.5. The third kappa shape index (κ3) is 8.84. The Balaban J connectivity index is 1.04. The average molecular weight is 801 g/mol. The quantitative estimate of drug-likeness (QED) is 0.168. The fourth-order valence-corrected chi connectivity index (χ4v) is 9.68. The van der Waals surface area contributed by atoms with Gasteiger partial charge >= 0.3 is 12.1 Å². The molecular weight excluding hydrogens is 745 g/mol. The number of fused-ring (bicyclic) bond motifs is 2. The van der Waals surface area contributed by atoms with E-state index in [0.717, 1.165) is 60.8 Å². The molecule has 1 heterocycles. The molecule has 2 fully saturated rings. The zero-order valence-corrected chi connectivity index (χ0v) is 34.2. The first kappa shape index (κ1) is 41.4. The Kier molecular flexibility index (Phi) is 13.0. The molecule has 310 valence electrons. The van der Waals surface area contributed by atoms with Crippen molar-refractivity contribution in [1.82, 2.24) is 20.4 Å². The van der Waals surface area contributed by atoms with Gasteiger partial charge in [0.1, 0.15) is 30.8 Å². The molecule has 1 saturated carbocycles. The lowest BCUT2D eigenvalue weighted by molar-refractivity contribution is -0.146. The van der Waals surface area contributed by atoms with Gasteiger partial charge in [-0.1, -0.05) is 123 Å². The van der Waals surface area contributed by atoms with Crippen LogP contribution in [0.15, 0.2) is 103 Å². The number of benzene rings is 3. The maximum absolute atomic E-state index is 14.6. The topological polar surface area (TPSA) is 145 Å². The van der Waals surface area contributed by atoms with Crippen molar-refractivity contribution in [2.45, 2.75) is 101 Å². The summed E-state index contributed by atoms with van der Waals surface area (Å²) in [5, 5.41) is 16.4. The van der Waals surface area contributed by atoms with Crippen molar-refractivity contribution >= 4 is 35.4 Å². The lowest BCUT2D eigenvalue weighted by Crippen LogP contribution is -2.59. The molecule has 59 heavy (non-hydrogen) atoms. The van der Waals surface area contributed by atoms with Crippen molar-refractivity contribution in [3.05, 3.63) is 125 Å². The van der Waals surface area contributed by atoms with Crippen LogP contribution in [0.2, 0.25) is 0 Å². The van der Waals surface area contributed by atoms with E-state index in [2.05, 4.69) is 41.8 Å². The number of hydrogen-bond acceptors (Lipinski definition) is 6. The molecule has 0 spiro atoms. The molecule has 3 aliphatic carbocycles. The van der Waals surface area contributed by atoms with Crippen LogP contribution in [0.4, 0.5) is 4.79 Å². The number of carbonyl (C=O) groups is 5. The molecule has 4 amide bonds. The smallest absolute Gasteiger partial charge is 0.410 e. The van der Waals surface area contributed by atoms with Crippen LogP contribution in [-0.2, 0) is 23.9 Å². The monoisotopic (exact) mass is 800 g/mol. The largest absolute Gasteiger partial charge is 0.480 e. The SMILES string of the molecule is CC1CC=CC2=C1C(COC(=O)N(C)[C@@H](C)C(=O)N[C@H](C(=O)N1CCC[C@H]1C(=O)NC(C(=O)O)C(c1ccccc1)c1ccccc1)C1CCCCC1)c1ccccc12. The number of hydrogen-bond donors (Lipinski definition) is 3. The van der Waals surface area contributed by atoms with E-state index in [9.17, 15) is 29.1 Å². The fraction of sp³-hybridized carbons (Fsp3) is 0.438. The van der Waals surface area contributed by atoms with Gasteiger partial charge in [0, 0.05) is 25.4 Å². The molecule has 0 bridgehead atoms. The zero-order valence-electron chi connectivity index (χ0n) is 34.2. The molecule has 3 N–H and O–H groups in total. The van der Waals surface area contributed by atoms with Gasteiger partial charge in [-0.05, 0) is 84.3 Å². The Labute approximate surface area is 346 Å². The maximum Gasteiger partial charge on any atom is 0.410 e. The lowest BCUT2D eigenvalue weighted by Gasteiger charge is -2.36. The van der Waals surface area contributed by atoms with Crippen LogP contribution in [-0.4, -0.2) is 89.1 Å². The maximum atomic E-state index is 14.6. The number of carboxylic acid groups (broad SMARTS) is 1. The number of nitrogens with one attached hydrogen (secondary N) is 2. The molecule has 3 unspecified atom stereocenters. The fourth-order valence-electron chi connectivity index (χ4n) is 9.68. The van der Waals surface area contributed by atoms with Crippen LogP contribution < -0.4 is 10.6 Å². The summed E-state index contributed by atoms with van der Waals surface area (Å²) >= 11 is 0. The van der Waals surface area contributed by atoms with E-state index in [4.69, 9.17) is 4.74 Å². The summed E-state index contributed by atoms with van der Waals surface area (Å²) in [5.41, 5.74) is 6.23. The third-order valence-electron chi connectivity index (χ3n) is 13.0. The van der Waals surface area contributed by atoms with Gasteiger partial charge in [0.25, 0.3) is 0 Å². The minimum absolute atomic E-state index is 0.0742. The van der Waals surface area contributed by atoms with E-state index in [-0.39, 0.29) is 24.3 Å². The Morgan fingerprint density at radius 2 is 1.49 bits per heavy atom. The highest BCUT2D eigenvalue weighted by atomic mass is 16.6. The molecule has 7 rings (SSSR count). The van der Waals surface area contributed by atoms with Crippen LogP contribution in [0, 0.1) is 11.8 Å². The van der Waals surface area contributed by atoms with E-state index in [1.165, 1.54) is 28.0 Å². The molecule has 4 aliphatic rings. The van der Waals surface area contributed by atoms with Gasteiger partial charge in [0.05, 0.1) is 0 Å². The highest BCUT2D eigenvalue weighted by Gasteiger charge is 2.43. The normalized spacial score (nSPS) is 21.6. The van der Waals surface area contributed by atoms with E-state index in [1.807, 2.05) is 72.8 Å². The molecule has 1 aliphatic heterocycles. The van der Waals surface area contributed by atoms with Crippen LogP contribution in [0.25, 0.3) is 5.57 Å². The Hall–Kier alpha value is -5.71.